The number of nitrogens with one attached hydrogen (secondary N) is 2. The summed E-state index contributed by atoms with van der Waals surface area (Å²) in [5.74, 6) is 1.14. The predicted molar refractivity (Wildman–Crippen MR) is 105 cm³/mol. The Morgan fingerprint density at radius 3 is 2.48 bits per heavy atom. The summed E-state index contributed by atoms with van der Waals surface area (Å²) in [5, 5.41) is 15.7. The number of rotatable bonds is 6. The van der Waals surface area contributed by atoms with E-state index >= 15 is 0 Å². The zero-order valence-electron chi connectivity index (χ0n) is 13.8. The smallest absolute Gasteiger partial charge is 0.225 e. The minimum absolute atomic E-state index is 0.00587. The van der Waals surface area contributed by atoms with Gasteiger partial charge in [0.2, 0.25) is 5.95 Å². The third kappa shape index (κ3) is 4.55. The third-order valence-electron chi connectivity index (χ3n) is 3.58. The molecule has 0 aliphatic rings. The van der Waals surface area contributed by atoms with E-state index in [1.54, 1.807) is 0 Å². The summed E-state index contributed by atoms with van der Waals surface area (Å²) >= 11 is 3.53. The van der Waals surface area contributed by atoms with Crippen LogP contribution in [0.2, 0.25) is 0 Å². The van der Waals surface area contributed by atoms with Crippen LogP contribution in [0.3, 0.4) is 0 Å². The van der Waals surface area contributed by atoms with Crippen LogP contribution < -0.4 is 10.6 Å². The van der Waals surface area contributed by atoms with Gasteiger partial charge in [-0.3, -0.25) is 0 Å². The lowest BCUT2D eigenvalue weighted by molar-refractivity contribution is 0.281. The topological polar surface area (TPSA) is 70.1 Å². The van der Waals surface area contributed by atoms with E-state index in [1.165, 1.54) is 0 Å². The van der Waals surface area contributed by atoms with Crippen molar-refractivity contribution in [3.8, 4) is 11.3 Å². The highest BCUT2D eigenvalue weighted by Crippen LogP contribution is 2.27. The molecule has 0 spiro atoms. The average Bonchev–Trinajstić information content (AvgIpc) is 2.64. The Bertz CT molecular complexity index is 842. The zero-order chi connectivity index (χ0) is 17.6. The molecule has 0 radical (unpaired) electrons. The lowest BCUT2D eigenvalue weighted by Crippen LogP contribution is -2.21. The molecule has 1 atom stereocenters. The van der Waals surface area contributed by atoms with E-state index in [2.05, 4.69) is 36.5 Å². The Labute approximate surface area is 155 Å². The third-order valence-corrected chi connectivity index (χ3v) is 4.27. The molecule has 0 bridgehead atoms. The Hall–Kier alpha value is -2.44. The minimum atomic E-state index is -0.137. The molecule has 0 aliphatic carbocycles. The average molecular weight is 399 g/mol. The van der Waals surface area contributed by atoms with Crippen molar-refractivity contribution < 1.29 is 5.11 Å². The molecular formula is C19H19BrN4O. The number of anilines is 3. The summed E-state index contributed by atoms with van der Waals surface area (Å²) in [6.45, 7) is 1.88. The molecule has 3 aromatic rings. The van der Waals surface area contributed by atoms with Crippen LogP contribution in [0.15, 0.2) is 65.1 Å². The molecule has 0 saturated heterocycles. The van der Waals surface area contributed by atoms with Gasteiger partial charge < -0.3 is 15.7 Å². The second-order valence-electron chi connectivity index (χ2n) is 5.66. The van der Waals surface area contributed by atoms with Crippen molar-refractivity contribution in [2.24, 2.45) is 0 Å². The lowest BCUT2D eigenvalue weighted by atomic mass is 10.1. The molecule has 1 heterocycles. The van der Waals surface area contributed by atoms with Crippen LogP contribution in [0, 0.1) is 0 Å². The van der Waals surface area contributed by atoms with Crippen molar-refractivity contribution in [2.75, 3.05) is 17.2 Å². The zero-order valence-corrected chi connectivity index (χ0v) is 15.4. The van der Waals surface area contributed by atoms with Crippen LogP contribution in [0.4, 0.5) is 17.5 Å². The van der Waals surface area contributed by atoms with Gasteiger partial charge in [-0.15, -0.1) is 0 Å². The summed E-state index contributed by atoms with van der Waals surface area (Å²) in [7, 11) is 0. The van der Waals surface area contributed by atoms with E-state index in [-0.39, 0.29) is 12.6 Å². The van der Waals surface area contributed by atoms with E-state index in [9.17, 15) is 5.11 Å². The fourth-order valence-electron chi connectivity index (χ4n) is 2.30. The van der Waals surface area contributed by atoms with Gasteiger partial charge in [-0.25, -0.2) is 4.98 Å². The fourth-order valence-corrected chi connectivity index (χ4v) is 2.68. The summed E-state index contributed by atoms with van der Waals surface area (Å²) in [5.41, 5.74) is 2.72. The van der Waals surface area contributed by atoms with Crippen LogP contribution in [0.25, 0.3) is 11.3 Å². The van der Waals surface area contributed by atoms with Crippen molar-refractivity contribution in [1.82, 2.24) is 9.97 Å². The standard InChI is InChI=1S/C19H19BrN4O/c1-13(12-25)21-19-23-17(14-7-3-2-4-8-14)11-18(24-19)22-16-10-6-5-9-15(16)20/h2-11,13,25H,12H2,1H3,(H2,21,22,23,24)/t13-/m1/s1. The number of nitrogens with zero attached hydrogens (tertiary/aromatic N) is 2. The van der Waals surface area contributed by atoms with Crippen molar-refractivity contribution in [3.05, 3.63) is 65.1 Å². The summed E-state index contributed by atoms with van der Waals surface area (Å²) in [6, 6.07) is 19.5. The first-order chi connectivity index (χ1) is 12.2. The van der Waals surface area contributed by atoms with E-state index in [1.807, 2.05) is 67.6 Å². The second kappa shape index (κ2) is 8.09. The van der Waals surface area contributed by atoms with Gasteiger partial charge >= 0.3 is 0 Å². The maximum atomic E-state index is 9.28. The highest BCUT2D eigenvalue weighted by Gasteiger charge is 2.10. The van der Waals surface area contributed by atoms with Crippen LogP contribution in [-0.2, 0) is 0 Å². The van der Waals surface area contributed by atoms with Crippen LogP contribution in [0.5, 0.6) is 0 Å². The number of hydrogen-bond acceptors (Lipinski definition) is 5. The molecule has 0 unspecified atom stereocenters. The molecule has 0 saturated carbocycles. The first-order valence-electron chi connectivity index (χ1n) is 7.99. The van der Waals surface area contributed by atoms with Crippen molar-refractivity contribution >= 4 is 33.4 Å². The highest BCUT2D eigenvalue weighted by atomic mass is 79.9. The number of aliphatic hydroxyl groups excluding tert-OH is 1. The number of hydrogen-bond donors (Lipinski definition) is 3. The second-order valence-corrected chi connectivity index (χ2v) is 6.52. The molecule has 5 nitrogen and oxygen atoms in total. The molecule has 1 aromatic heterocycles. The molecule has 128 valence electrons. The molecule has 3 N–H and O–H groups in total. The monoisotopic (exact) mass is 398 g/mol. The predicted octanol–water partition coefficient (Wildman–Crippen LogP) is 4.44. The van der Waals surface area contributed by atoms with E-state index < -0.39 is 0 Å². The molecule has 0 fully saturated rings. The maximum Gasteiger partial charge on any atom is 0.225 e. The first kappa shape index (κ1) is 17.4. The fraction of sp³-hybridized carbons (Fsp3) is 0.158. The van der Waals surface area contributed by atoms with Crippen molar-refractivity contribution in [2.45, 2.75) is 13.0 Å². The Morgan fingerprint density at radius 2 is 1.76 bits per heavy atom. The quantitative estimate of drug-likeness (QED) is 0.572. The van der Waals surface area contributed by atoms with Gasteiger partial charge in [0.1, 0.15) is 5.82 Å². The van der Waals surface area contributed by atoms with Gasteiger partial charge in [-0.2, -0.15) is 4.98 Å². The molecule has 0 amide bonds. The number of para-hydroxylation sites is 1. The molecule has 2 aromatic carbocycles. The van der Waals surface area contributed by atoms with E-state index in [0.29, 0.717) is 11.8 Å². The van der Waals surface area contributed by atoms with Crippen LogP contribution >= 0.6 is 15.9 Å². The molecule has 25 heavy (non-hydrogen) atoms. The Morgan fingerprint density at radius 1 is 1.04 bits per heavy atom. The largest absolute Gasteiger partial charge is 0.394 e. The SMILES string of the molecule is C[C@H](CO)Nc1nc(Nc2ccccc2Br)cc(-c2ccccc2)n1. The number of halogens is 1. The highest BCUT2D eigenvalue weighted by molar-refractivity contribution is 9.10. The van der Waals surface area contributed by atoms with Gasteiger partial charge in [0, 0.05) is 22.1 Å². The normalized spacial score (nSPS) is 11.8. The van der Waals surface area contributed by atoms with Gasteiger partial charge in [0.25, 0.3) is 0 Å². The van der Waals surface area contributed by atoms with E-state index in [4.69, 9.17) is 0 Å². The lowest BCUT2D eigenvalue weighted by Gasteiger charge is -2.14. The Balaban J connectivity index is 1.99. The molecule has 0 aliphatic heterocycles. The van der Waals surface area contributed by atoms with Gasteiger partial charge in [-0.1, -0.05) is 42.5 Å². The summed E-state index contributed by atoms with van der Waals surface area (Å²) in [4.78, 5) is 9.09. The van der Waals surface area contributed by atoms with E-state index in [0.717, 1.165) is 21.4 Å². The number of aromatic nitrogens is 2. The van der Waals surface area contributed by atoms with Gasteiger partial charge in [-0.05, 0) is 35.0 Å². The molecule has 6 heteroatoms. The number of benzene rings is 2. The van der Waals surface area contributed by atoms with Crippen molar-refractivity contribution in [3.63, 3.8) is 0 Å². The maximum absolute atomic E-state index is 9.28. The van der Waals surface area contributed by atoms with Crippen molar-refractivity contribution in [1.29, 1.82) is 0 Å². The van der Waals surface area contributed by atoms with Crippen LogP contribution in [-0.4, -0.2) is 27.7 Å². The van der Waals surface area contributed by atoms with Gasteiger partial charge in [0.15, 0.2) is 0 Å². The van der Waals surface area contributed by atoms with Crippen LogP contribution in [0.1, 0.15) is 6.92 Å². The Kier molecular flexibility index (Phi) is 5.63. The summed E-state index contributed by atoms with van der Waals surface area (Å²) in [6.07, 6.45) is 0. The molecule has 3 rings (SSSR count). The summed E-state index contributed by atoms with van der Waals surface area (Å²) < 4.78 is 0.952. The number of aliphatic hydroxyl groups is 1. The first-order valence-corrected chi connectivity index (χ1v) is 8.78. The van der Waals surface area contributed by atoms with Gasteiger partial charge in [0.05, 0.1) is 18.0 Å². The minimum Gasteiger partial charge on any atom is -0.394 e. The molecular weight excluding hydrogens is 380 g/mol.